The third-order valence-corrected chi connectivity index (χ3v) is 4.70. The molecule has 0 saturated carbocycles. The van der Waals surface area contributed by atoms with Crippen LogP contribution in [0.25, 0.3) is 0 Å². The van der Waals surface area contributed by atoms with Crippen LogP contribution in [0, 0.1) is 0 Å². The fourth-order valence-corrected chi connectivity index (χ4v) is 2.31. The predicted octanol–water partition coefficient (Wildman–Crippen LogP) is 4.92. The summed E-state index contributed by atoms with van der Waals surface area (Å²) in [5.74, 6) is 0. The molecule has 1 aliphatic heterocycles. The average molecular weight is 322 g/mol. The number of halogens is 7. The van der Waals surface area contributed by atoms with Gasteiger partial charge in [-0.05, 0) is 0 Å². The van der Waals surface area contributed by atoms with Crippen LogP contribution in [0.1, 0.15) is 0 Å². The molecule has 0 bridgehead atoms. The molecule has 0 saturated heterocycles. The summed E-state index contributed by atoms with van der Waals surface area (Å²) in [7, 11) is 0. The fourth-order valence-electron chi connectivity index (χ4n) is 0.615. The normalized spacial score (nSPS) is 22.8. The van der Waals surface area contributed by atoms with Crippen molar-refractivity contribution in [3.05, 3.63) is 20.3 Å². The first-order valence-electron chi connectivity index (χ1n) is 2.75. The Labute approximate surface area is 110 Å². The maximum absolute atomic E-state index is 5.74. The maximum atomic E-state index is 5.74. The van der Waals surface area contributed by atoms with E-state index in [2.05, 4.69) is 0 Å². The minimum absolute atomic E-state index is 0.000239. The van der Waals surface area contributed by atoms with Crippen LogP contribution < -0.4 is 0 Å². The van der Waals surface area contributed by atoms with Crippen LogP contribution in [0.4, 0.5) is 0 Å². The molecule has 0 amide bonds. The lowest BCUT2D eigenvalue weighted by molar-refractivity contribution is 0.544. The Morgan fingerprint density at radius 3 is 1.85 bits per heavy atom. The third kappa shape index (κ3) is 1.98. The van der Waals surface area contributed by atoms with Crippen molar-refractivity contribution in [2.75, 3.05) is 0 Å². The summed E-state index contributed by atoms with van der Waals surface area (Å²) >= 11 is 39.8. The van der Waals surface area contributed by atoms with Crippen LogP contribution in [0.3, 0.4) is 0 Å². The van der Waals surface area contributed by atoms with E-state index in [9.17, 15) is 0 Å². The zero-order chi connectivity index (χ0) is 10.4. The Kier molecular flexibility index (Phi) is 3.86. The van der Waals surface area contributed by atoms with Gasteiger partial charge in [0.2, 0.25) is 4.46 Å². The summed E-state index contributed by atoms with van der Waals surface area (Å²) in [6.45, 7) is 0. The highest BCUT2D eigenvalue weighted by molar-refractivity contribution is 6.62. The van der Waals surface area contributed by atoms with Gasteiger partial charge >= 0.3 is 0 Å². The highest BCUT2D eigenvalue weighted by Crippen LogP contribution is 2.50. The first kappa shape index (κ1) is 12.4. The molecule has 1 heterocycles. The molecule has 8 heteroatoms. The van der Waals surface area contributed by atoms with Crippen LogP contribution >= 0.6 is 81.4 Å². The van der Waals surface area contributed by atoms with Gasteiger partial charge in [0, 0.05) is 11.8 Å². The molecule has 0 aliphatic carbocycles. The molecule has 0 radical (unpaired) electrons. The lowest BCUT2D eigenvalue weighted by Crippen LogP contribution is -2.34. The number of rotatable bonds is 0. The van der Waals surface area contributed by atoms with Gasteiger partial charge in [0.1, 0.15) is 5.16 Å². The van der Waals surface area contributed by atoms with Gasteiger partial charge in [-0.15, -0.1) is 0 Å². The van der Waals surface area contributed by atoms with Crippen molar-refractivity contribution in [3.8, 4) is 0 Å². The molecule has 1 nitrogen and oxygen atoms in total. The Morgan fingerprint density at radius 1 is 0.923 bits per heavy atom. The highest BCUT2D eigenvalue weighted by atomic mass is 35.5. The van der Waals surface area contributed by atoms with Crippen molar-refractivity contribution >= 4 is 81.4 Å². The van der Waals surface area contributed by atoms with Crippen LogP contribution in [0.5, 0.6) is 0 Å². The summed E-state index contributed by atoms with van der Waals surface area (Å²) in [6.07, 6.45) is 0. The molecule has 74 valence electrons. The molecule has 0 aromatic carbocycles. The first-order valence-corrected chi connectivity index (χ1v) is 5.36. The van der Waals surface area contributed by atoms with Crippen LogP contribution in [0.2, 0.25) is 0 Å². The van der Waals surface area contributed by atoms with E-state index in [1.165, 1.54) is 0 Å². The summed E-state index contributed by atoms with van der Waals surface area (Å²) < 4.78 is -0.913. The van der Waals surface area contributed by atoms with Gasteiger partial charge in [0.05, 0.1) is 15.1 Å². The smallest absolute Gasteiger partial charge is 0.233 e. The standard InChI is InChI=1S/C5Cl7N/c6-1-2(7)4(9)13(12)5(10,11)3(1)8. The van der Waals surface area contributed by atoms with Gasteiger partial charge < -0.3 is 0 Å². The fraction of sp³-hybridized carbons (Fsp3) is 0.200. The average Bonchev–Trinajstić information content (AvgIpc) is 2.09. The van der Waals surface area contributed by atoms with Crippen molar-refractivity contribution in [3.63, 3.8) is 0 Å². The van der Waals surface area contributed by atoms with E-state index in [-0.39, 0.29) is 20.3 Å². The molecule has 0 aromatic rings. The molecule has 0 aromatic heterocycles. The second-order valence-electron chi connectivity index (χ2n) is 2.05. The molecule has 0 spiro atoms. The molecular formula is C5Cl7N. The number of allylic oxidation sites excluding steroid dienone is 2. The van der Waals surface area contributed by atoms with Gasteiger partial charge in [0.15, 0.2) is 0 Å². The SMILES string of the molecule is ClC1=C(Cl)N(Cl)C(Cl)(Cl)C(Cl)=C1Cl. The van der Waals surface area contributed by atoms with Gasteiger partial charge in [0.25, 0.3) is 0 Å². The molecule has 1 rings (SSSR count). The molecule has 0 fully saturated rings. The summed E-state index contributed by atoms with van der Waals surface area (Å²) in [6, 6.07) is 0. The van der Waals surface area contributed by atoms with E-state index in [1.807, 2.05) is 0 Å². The van der Waals surface area contributed by atoms with E-state index in [0.29, 0.717) is 0 Å². The van der Waals surface area contributed by atoms with E-state index in [0.717, 1.165) is 4.42 Å². The van der Waals surface area contributed by atoms with Gasteiger partial charge in [-0.3, -0.25) is 0 Å². The zero-order valence-corrected chi connectivity index (χ0v) is 10.9. The maximum Gasteiger partial charge on any atom is 0.243 e. The van der Waals surface area contributed by atoms with E-state index in [4.69, 9.17) is 81.4 Å². The number of hydrogen-bond acceptors (Lipinski definition) is 1. The Bertz CT molecular complexity index is 304. The van der Waals surface area contributed by atoms with Crippen molar-refractivity contribution < 1.29 is 0 Å². The largest absolute Gasteiger partial charge is 0.243 e. The van der Waals surface area contributed by atoms with Gasteiger partial charge in [-0.2, -0.15) is 0 Å². The van der Waals surface area contributed by atoms with Gasteiger partial charge in [-0.1, -0.05) is 69.6 Å². The van der Waals surface area contributed by atoms with Crippen molar-refractivity contribution in [1.29, 1.82) is 0 Å². The lowest BCUT2D eigenvalue weighted by atomic mass is 10.4. The second kappa shape index (κ2) is 4.05. The van der Waals surface area contributed by atoms with Crippen LogP contribution in [0.15, 0.2) is 20.3 Å². The molecule has 0 atom stereocenters. The van der Waals surface area contributed by atoms with E-state index < -0.39 is 4.46 Å². The Hall–Kier alpha value is 1.31. The quantitative estimate of drug-likeness (QED) is 0.347. The van der Waals surface area contributed by atoms with Crippen molar-refractivity contribution in [2.24, 2.45) is 0 Å². The Balaban J connectivity index is 3.32. The minimum atomic E-state index is -1.70. The number of nitrogens with zero attached hydrogens (tertiary/aromatic N) is 1. The zero-order valence-electron chi connectivity index (χ0n) is 5.59. The van der Waals surface area contributed by atoms with Crippen molar-refractivity contribution in [2.45, 2.75) is 4.46 Å². The number of hydrogen-bond donors (Lipinski definition) is 0. The third-order valence-electron chi connectivity index (χ3n) is 1.25. The highest BCUT2D eigenvalue weighted by Gasteiger charge is 2.43. The topological polar surface area (TPSA) is 3.24 Å². The molecule has 0 unspecified atom stereocenters. The summed E-state index contributed by atoms with van der Waals surface area (Å²) in [4.78, 5) is 0. The molecule has 1 aliphatic rings. The minimum Gasteiger partial charge on any atom is -0.233 e. The molecular weight excluding hydrogens is 322 g/mol. The van der Waals surface area contributed by atoms with Crippen molar-refractivity contribution in [1.82, 2.24) is 4.42 Å². The molecule has 13 heavy (non-hydrogen) atoms. The van der Waals surface area contributed by atoms with Crippen LogP contribution in [-0.4, -0.2) is 8.88 Å². The number of alkyl halides is 2. The predicted molar refractivity (Wildman–Crippen MR) is 59.6 cm³/mol. The lowest BCUT2D eigenvalue weighted by Gasteiger charge is -2.32. The Morgan fingerprint density at radius 2 is 1.38 bits per heavy atom. The van der Waals surface area contributed by atoms with Crippen LogP contribution in [-0.2, 0) is 0 Å². The summed E-state index contributed by atoms with van der Waals surface area (Å²) in [5.41, 5.74) is 0. The monoisotopic (exact) mass is 319 g/mol. The van der Waals surface area contributed by atoms with E-state index >= 15 is 0 Å². The summed E-state index contributed by atoms with van der Waals surface area (Å²) in [5, 5.41) is -0.194. The molecule has 0 N–H and O–H groups in total. The second-order valence-corrected chi connectivity index (χ2v) is 5.17. The van der Waals surface area contributed by atoms with E-state index in [1.54, 1.807) is 0 Å². The first-order chi connectivity index (χ1) is 5.80. The van der Waals surface area contributed by atoms with Gasteiger partial charge in [-0.25, -0.2) is 4.42 Å².